The van der Waals surface area contributed by atoms with E-state index in [1.165, 1.54) is 0 Å². The molecule has 1 N–H and O–H groups in total. The zero-order valence-electron chi connectivity index (χ0n) is 11.3. The van der Waals surface area contributed by atoms with Crippen LogP contribution < -0.4 is 5.32 Å². The molecule has 1 heterocycles. The van der Waals surface area contributed by atoms with Crippen LogP contribution in [0.5, 0.6) is 0 Å². The first-order valence-electron chi connectivity index (χ1n) is 6.55. The number of nitrogens with one attached hydrogen (secondary N) is 1. The van der Waals surface area contributed by atoms with Crippen LogP contribution in [-0.2, 0) is 9.47 Å². The fourth-order valence-corrected chi connectivity index (χ4v) is 2.38. The Bertz CT molecular complexity index is 261. The highest BCUT2D eigenvalue weighted by Gasteiger charge is 2.39. The maximum Gasteiger partial charge on any atom is 0.0884 e. The van der Waals surface area contributed by atoms with Crippen molar-refractivity contribution in [2.24, 2.45) is 0 Å². The highest BCUT2D eigenvalue weighted by atomic mass is 16.5. The Hall–Kier alpha value is -0.560. The third kappa shape index (κ3) is 3.99. The molecule has 1 atom stereocenters. The molecule has 1 fully saturated rings. The molecular weight excluding hydrogens is 214 g/mol. The molecule has 0 aliphatic carbocycles. The van der Waals surface area contributed by atoms with Gasteiger partial charge in [0.25, 0.3) is 0 Å². The van der Waals surface area contributed by atoms with Crippen LogP contribution in [0.15, 0.2) is 0 Å². The van der Waals surface area contributed by atoms with Crippen LogP contribution in [0, 0.1) is 11.8 Å². The van der Waals surface area contributed by atoms with Gasteiger partial charge in [0.2, 0.25) is 0 Å². The Labute approximate surface area is 105 Å². The van der Waals surface area contributed by atoms with E-state index in [0.717, 1.165) is 45.4 Å². The molecule has 0 saturated carbocycles. The largest absolute Gasteiger partial charge is 0.381 e. The summed E-state index contributed by atoms with van der Waals surface area (Å²) in [5, 5.41) is 3.58. The molecule has 0 aromatic rings. The van der Waals surface area contributed by atoms with Crippen LogP contribution in [0.4, 0.5) is 0 Å². The number of rotatable bonds is 6. The van der Waals surface area contributed by atoms with Crippen molar-refractivity contribution in [3.05, 3.63) is 0 Å². The van der Waals surface area contributed by atoms with Gasteiger partial charge in [-0.25, -0.2) is 0 Å². The van der Waals surface area contributed by atoms with E-state index in [0.29, 0.717) is 6.04 Å². The first-order chi connectivity index (χ1) is 8.29. The number of ether oxygens (including phenoxy) is 2. The van der Waals surface area contributed by atoms with Gasteiger partial charge in [-0.15, -0.1) is 11.8 Å². The number of methoxy groups -OCH3 is 1. The second kappa shape index (κ2) is 7.71. The zero-order chi connectivity index (χ0) is 12.6. The summed E-state index contributed by atoms with van der Waals surface area (Å²) in [6.45, 7) is 6.66. The predicted molar refractivity (Wildman–Crippen MR) is 69.9 cm³/mol. The average molecular weight is 239 g/mol. The van der Waals surface area contributed by atoms with Crippen molar-refractivity contribution in [3.63, 3.8) is 0 Å². The molecule has 0 amide bonds. The molecule has 1 saturated heterocycles. The summed E-state index contributed by atoms with van der Waals surface area (Å²) in [7, 11) is 1.81. The van der Waals surface area contributed by atoms with Crippen molar-refractivity contribution in [2.45, 2.75) is 51.2 Å². The van der Waals surface area contributed by atoms with Crippen LogP contribution in [-0.4, -0.2) is 38.5 Å². The van der Waals surface area contributed by atoms with E-state index < -0.39 is 0 Å². The van der Waals surface area contributed by atoms with Crippen LogP contribution >= 0.6 is 0 Å². The fraction of sp³-hybridized carbons (Fsp3) is 0.857. The lowest BCUT2D eigenvalue weighted by molar-refractivity contribution is -0.109. The van der Waals surface area contributed by atoms with Gasteiger partial charge in [-0.1, -0.05) is 6.92 Å². The third-order valence-corrected chi connectivity index (χ3v) is 3.50. The zero-order valence-corrected chi connectivity index (χ0v) is 11.3. The molecule has 1 rings (SSSR count). The lowest BCUT2D eigenvalue weighted by atomic mass is 9.84. The van der Waals surface area contributed by atoms with Crippen molar-refractivity contribution in [2.75, 3.05) is 26.9 Å². The van der Waals surface area contributed by atoms with Gasteiger partial charge in [0.1, 0.15) is 0 Å². The Morgan fingerprint density at radius 2 is 2.12 bits per heavy atom. The minimum absolute atomic E-state index is 0.0999. The molecule has 0 aromatic heterocycles. The SMILES string of the molecule is CC#CCC(NCCC)C1(OC)CCOCC1. The van der Waals surface area contributed by atoms with Gasteiger partial charge in [-0.3, -0.25) is 0 Å². The van der Waals surface area contributed by atoms with Gasteiger partial charge in [0.15, 0.2) is 0 Å². The summed E-state index contributed by atoms with van der Waals surface area (Å²) in [6, 6.07) is 0.309. The molecule has 0 aromatic carbocycles. The lowest BCUT2D eigenvalue weighted by Crippen LogP contribution is -2.55. The van der Waals surface area contributed by atoms with Crippen LogP contribution in [0.1, 0.15) is 39.5 Å². The topological polar surface area (TPSA) is 30.5 Å². The summed E-state index contributed by atoms with van der Waals surface area (Å²) >= 11 is 0. The minimum atomic E-state index is -0.0999. The van der Waals surface area contributed by atoms with Gasteiger partial charge in [-0.2, -0.15) is 0 Å². The third-order valence-electron chi connectivity index (χ3n) is 3.50. The van der Waals surface area contributed by atoms with Gasteiger partial charge >= 0.3 is 0 Å². The van der Waals surface area contributed by atoms with Gasteiger partial charge in [0.05, 0.1) is 5.60 Å². The molecule has 0 spiro atoms. The smallest absolute Gasteiger partial charge is 0.0884 e. The van der Waals surface area contributed by atoms with Crippen molar-refractivity contribution < 1.29 is 9.47 Å². The van der Waals surface area contributed by atoms with Crippen LogP contribution in [0.2, 0.25) is 0 Å². The van der Waals surface area contributed by atoms with Gasteiger partial charge in [-0.05, 0) is 19.9 Å². The van der Waals surface area contributed by atoms with Crippen molar-refractivity contribution in [3.8, 4) is 11.8 Å². The van der Waals surface area contributed by atoms with E-state index in [1.807, 2.05) is 14.0 Å². The molecule has 0 bridgehead atoms. The molecule has 1 unspecified atom stereocenters. The molecule has 0 radical (unpaired) electrons. The second-order valence-electron chi connectivity index (χ2n) is 4.52. The standard InChI is InChI=1S/C14H25NO2/c1-4-6-7-13(15-10-5-2)14(16-3)8-11-17-12-9-14/h13,15H,5,7-12H2,1-3H3. The molecule has 3 nitrogen and oxygen atoms in total. The summed E-state index contributed by atoms with van der Waals surface area (Å²) in [6.07, 6.45) is 3.89. The van der Waals surface area contributed by atoms with Gasteiger partial charge in [0, 0.05) is 45.6 Å². The van der Waals surface area contributed by atoms with E-state index in [2.05, 4.69) is 24.1 Å². The Balaban J connectivity index is 2.70. The van der Waals surface area contributed by atoms with Crippen molar-refractivity contribution in [1.82, 2.24) is 5.32 Å². The summed E-state index contributed by atoms with van der Waals surface area (Å²) in [4.78, 5) is 0. The lowest BCUT2D eigenvalue weighted by Gasteiger charge is -2.42. The fourth-order valence-electron chi connectivity index (χ4n) is 2.38. The highest BCUT2D eigenvalue weighted by molar-refractivity contribution is 5.05. The predicted octanol–water partition coefficient (Wildman–Crippen LogP) is 1.96. The molecule has 17 heavy (non-hydrogen) atoms. The quantitative estimate of drug-likeness (QED) is 0.719. The summed E-state index contributed by atoms with van der Waals surface area (Å²) < 4.78 is 11.3. The molecule has 98 valence electrons. The van der Waals surface area contributed by atoms with Gasteiger partial charge < -0.3 is 14.8 Å². The van der Waals surface area contributed by atoms with Crippen molar-refractivity contribution >= 4 is 0 Å². The first kappa shape index (κ1) is 14.5. The second-order valence-corrected chi connectivity index (χ2v) is 4.52. The highest BCUT2D eigenvalue weighted by Crippen LogP contribution is 2.29. The molecular formula is C14H25NO2. The summed E-state index contributed by atoms with van der Waals surface area (Å²) in [5.74, 6) is 6.16. The minimum Gasteiger partial charge on any atom is -0.381 e. The maximum atomic E-state index is 5.82. The first-order valence-corrected chi connectivity index (χ1v) is 6.55. The van der Waals surface area contributed by atoms with Crippen LogP contribution in [0.3, 0.4) is 0 Å². The van der Waals surface area contributed by atoms with Crippen molar-refractivity contribution in [1.29, 1.82) is 0 Å². The monoisotopic (exact) mass is 239 g/mol. The van der Waals surface area contributed by atoms with E-state index in [9.17, 15) is 0 Å². The number of hydrogen-bond donors (Lipinski definition) is 1. The Morgan fingerprint density at radius 3 is 2.65 bits per heavy atom. The Morgan fingerprint density at radius 1 is 1.41 bits per heavy atom. The van der Waals surface area contributed by atoms with E-state index in [4.69, 9.17) is 9.47 Å². The van der Waals surface area contributed by atoms with Crippen LogP contribution in [0.25, 0.3) is 0 Å². The van der Waals surface area contributed by atoms with E-state index in [1.54, 1.807) is 0 Å². The maximum absolute atomic E-state index is 5.82. The Kier molecular flexibility index (Phi) is 6.57. The molecule has 1 aliphatic rings. The van der Waals surface area contributed by atoms with E-state index >= 15 is 0 Å². The summed E-state index contributed by atoms with van der Waals surface area (Å²) in [5.41, 5.74) is -0.0999. The molecule has 3 heteroatoms. The number of hydrogen-bond acceptors (Lipinski definition) is 3. The normalized spacial score (nSPS) is 20.4. The molecule has 1 aliphatic heterocycles. The van der Waals surface area contributed by atoms with E-state index in [-0.39, 0.29) is 5.60 Å². The average Bonchev–Trinajstić information content (AvgIpc) is 2.39.